The van der Waals surface area contributed by atoms with Crippen molar-refractivity contribution < 1.29 is 23.4 Å². The Morgan fingerprint density at radius 2 is 1.69 bits per heavy atom. The van der Waals surface area contributed by atoms with Crippen LogP contribution >= 0.6 is 0 Å². The summed E-state index contributed by atoms with van der Waals surface area (Å²) in [6.45, 7) is 0.964. The van der Waals surface area contributed by atoms with Gasteiger partial charge in [0.25, 0.3) is 5.91 Å². The summed E-state index contributed by atoms with van der Waals surface area (Å²) in [6, 6.07) is 10.2. The number of fused-ring (bicyclic) bond motifs is 2. The smallest absolute Gasteiger partial charge is 0.337 e. The van der Waals surface area contributed by atoms with E-state index in [2.05, 4.69) is 0 Å². The first-order valence-corrected chi connectivity index (χ1v) is 9.19. The maximum atomic E-state index is 13.3. The number of hydrogen-bond acceptors (Lipinski definition) is 6. The zero-order chi connectivity index (χ0) is 20.5. The van der Waals surface area contributed by atoms with Crippen LogP contribution in [-0.2, 0) is 13.0 Å². The first-order chi connectivity index (χ1) is 14.0. The number of ether oxygens (including phenoxy) is 3. The summed E-state index contributed by atoms with van der Waals surface area (Å²) < 4.78 is 21.2. The van der Waals surface area contributed by atoms with Crippen molar-refractivity contribution in [3.05, 3.63) is 63.5 Å². The Morgan fingerprint density at radius 1 is 0.966 bits per heavy atom. The summed E-state index contributed by atoms with van der Waals surface area (Å²) in [6.07, 6.45) is 0.689. The summed E-state index contributed by atoms with van der Waals surface area (Å²) in [5.41, 5.74) is 2.19. The van der Waals surface area contributed by atoms with Crippen molar-refractivity contribution in [2.45, 2.75) is 13.0 Å². The molecule has 0 bridgehead atoms. The van der Waals surface area contributed by atoms with Crippen molar-refractivity contribution in [2.75, 3.05) is 27.9 Å². The molecule has 0 radical (unpaired) electrons. The van der Waals surface area contributed by atoms with Crippen LogP contribution in [0.4, 0.5) is 0 Å². The maximum Gasteiger partial charge on any atom is 0.337 e. The van der Waals surface area contributed by atoms with Crippen LogP contribution in [0.5, 0.6) is 17.2 Å². The summed E-state index contributed by atoms with van der Waals surface area (Å²) in [4.78, 5) is 27.0. The Bertz CT molecular complexity index is 1150. The van der Waals surface area contributed by atoms with Gasteiger partial charge in [0.2, 0.25) is 0 Å². The van der Waals surface area contributed by atoms with E-state index in [0.29, 0.717) is 53.3 Å². The first-order valence-electron chi connectivity index (χ1n) is 9.19. The highest BCUT2D eigenvalue weighted by Crippen LogP contribution is 2.34. The van der Waals surface area contributed by atoms with E-state index in [1.165, 1.54) is 13.2 Å². The van der Waals surface area contributed by atoms with Gasteiger partial charge in [0.15, 0.2) is 11.5 Å². The molecule has 3 aromatic rings. The molecular weight excluding hydrogens is 374 g/mol. The molecule has 0 aliphatic carbocycles. The fraction of sp³-hybridized carbons (Fsp3) is 0.273. The van der Waals surface area contributed by atoms with Crippen LogP contribution in [0.1, 0.15) is 21.5 Å². The molecule has 7 nitrogen and oxygen atoms in total. The van der Waals surface area contributed by atoms with Crippen molar-refractivity contribution in [1.82, 2.24) is 4.90 Å². The third kappa shape index (κ3) is 3.40. The number of amides is 1. The molecule has 29 heavy (non-hydrogen) atoms. The molecule has 0 fully saturated rings. The molecule has 2 heterocycles. The molecule has 0 spiro atoms. The highest BCUT2D eigenvalue weighted by molar-refractivity contribution is 6.05. The fourth-order valence-electron chi connectivity index (χ4n) is 3.67. The third-order valence-corrected chi connectivity index (χ3v) is 5.19. The number of carbonyl (C=O) groups excluding carboxylic acids is 1. The van der Waals surface area contributed by atoms with Gasteiger partial charge in [-0.1, -0.05) is 0 Å². The largest absolute Gasteiger partial charge is 0.497 e. The fourth-order valence-corrected chi connectivity index (χ4v) is 3.67. The Labute approximate surface area is 167 Å². The van der Waals surface area contributed by atoms with E-state index >= 15 is 0 Å². The molecule has 1 amide bonds. The van der Waals surface area contributed by atoms with Gasteiger partial charge in [-0.3, -0.25) is 4.79 Å². The molecule has 1 aliphatic rings. The summed E-state index contributed by atoms with van der Waals surface area (Å²) in [5, 5.41) is 0.577. The van der Waals surface area contributed by atoms with Crippen LogP contribution in [0.15, 0.2) is 45.6 Å². The minimum atomic E-state index is -0.571. The molecule has 2 aromatic carbocycles. The average molecular weight is 395 g/mol. The van der Waals surface area contributed by atoms with E-state index < -0.39 is 5.63 Å². The second-order valence-corrected chi connectivity index (χ2v) is 6.79. The minimum absolute atomic E-state index is 0.214. The molecular formula is C22H21NO6. The number of benzene rings is 2. The molecule has 0 atom stereocenters. The second kappa shape index (κ2) is 7.50. The summed E-state index contributed by atoms with van der Waals surface area (Å²) in [5.74, 6) is 1.64. The molecule has 0 saturated heterocycles. The van der Waals surface area contributed by atoms with Crippen molar-refractivity contribution in [1.29, 1.82) is 0 Å². The van der Waals surface area contributed by atoms with Crippen molar-refractivity contribution >= 4 is 16.9 Å². The highest BCUT2D eigenvalue weighted by Gasteiger charge is 2.25. The lowest BCUT2D eigenvalue weighted by atomic mass is 9.98. The molecule has 150 valence electrons. The Kier molecular flexibility index (Phi) is 4.88. The monoisotopic (exact) mass is 395 g/mol. The predicted octanol–water partition coefficient (Wildman–Crippen LogP) is 3.02. The number of carbonyl (C=O) groups is 1. The van der Waals surface area contributed by atoms with Crippen molar-refractivity contribution in [3.63, 3.8) is 0 Å². The van der Waals surface area contributed by atoms with E-state index in [1.807, 2.05) is 12.1 Å². The van der Waals surface area contributed by atoms with Gasteiger partial charge in [0.05, 0.1) is 26.9 Å². The van der Waals surface area contributed by atoms with E-state index in [1.54, 1.807) is 37.3 Å². The number of hydrogen-bond donors (Lipinski definition) is 0. The van der Waals surface area contributed by atoms with Crippen LogP contribution in [-0.4, -0.2) is 38.7 Å². The normalized spacial score (nSPS) is 13.1. The lowest BCUT2D eigenvalue weighted by Crippen LogP contribution is -2.36. The lowest BCUT2D eigenvalue weighted by Gasteiger charge is -2.30. The van der Waals surface area contributed by atoms with E-state index in [9.17, 15) is 9.59 Å². The average Bonchev–Trinajstić information content (AvgIpc) is 2.75. The molecule has 1 aromatic heterocycles. The number of methoxy groups -OCH3 is 3. The Hall–Kier alpha value is -3.48. The molecule has 0 N–H and O–H groups in total. The first kappa shape index (κ1) is 18.9. The van der Waals surface area contributed by atoms with Gasteiger partial charge in [-0.25, -0.2) is 4.79 Å². The predicted molar refractivity (Wildman–Crippen MR) is 107 cm³/mol. The van der Waals surface area contributed by atoms with Gasteiger partial charge in [0, 0.05) is 30.6 Å². The second-order valence-electron chi connectivity index (χ2n) is 6.79. The van der Waals surface area contributed by atoms with Crippen molar-refractivity contribution in [3.8, 4) is 17.2 Å². The zero-order valence-corrected chi connectivity index (χ0v) is 16.5. The quantitative estimate of drug-likeness (QED) is 0.632. The molecule has 0 saturated carbocycles. The van der Waals surface area contributed by atoms with Crippen LogP contribution in [0.2, 0.25) is 0 Å². The van der Waals surface area contributed by atoms with Gasteiger partial charge in [-0.2, -0.15) is 0 Å². The lowest BCUT2D eigenvalue weighted by molar-refractivity contribution is 0.0735. The third-order valence-electron chi connectivity index (χ3n) is 5.19. The van der Waals surface area contributed by atoms with Crippen LogP contribution < -0.4 is 19.8 Å². The summed E-state index contributed by atoms with van der Waals surface area (Å²) in [7, 11) is 4.71. The molecule has 7 heteroatoms. The molecule has 4 rings (SSSR count). The SMILES string of the molecule is COc1ccc2c(C(=O)N3CCc4cc(OC)c(OC)cc4C3)cc(=O)oc2c1. The van der Waals surface area contributed by atoms with Gasteiger partial charge < -0.3 is 23.5 Å². The van der Waals surface area contributed by atoms with Gasteiger partial charge in [-0.15, -0.1) is 0 Å². The zero-order valence-electron chi connectivity index (χ0n) is 16.5. The molecule has 1 aliphatic heterocycles. The Balaban J connectivity index is 1.70. The molecule has 0 unspecified atom stereocenters. The minimum Gasteiger partial charge on any atom is -0.497 e. The standard InChI is InChI=1S/C22H21NO6/c1-26-15-4-5-16-17(11-21(24)29-18(16)10-15)22(25)23-7-6-13-8-19(27-2)20(28-3)9-14(13)12-23/h4-5,8-11H,6-7,12H2,1-3H3. The van der Waals surface area contributed by atoms with E-state index in [4.69, 9.17) is 18.6 Å². The maximum absolute atomic E-state index is 13.3. The van der Waals surface area contributed by atoms with Crippen LogP contribution in [0, 0.1) is 0 Å². The Morgan fingerprint density at radius 3 is 2.38 bits per heavy atom. The van der Waals surface area contributed by atoms with Crippen LogP contribution in [0.3, 0.4) is 0 Å². The highest BCUT2D eigenvalue weighted by atomic mass is 16.5. The number of rotatable bonds is 4. The van der Waals surface area contributed by atoms with Gasteiger partial charge in [0.1, 0.15) is 11.3 Å². The topological polar surface area (TPSA) is 78.2 Å². The summed E-state index contributed by atoms with van der Waals surface area (Å²) >= 11 is 0. The van der Waals surface area contributed by atoms with Crippen LogP contribution in [0.25, 0.3) is 11.0 Å². The van der Waals surface area contributed by atoms with Gasteiger partial charge >= 0.3 is 5.63 Å². The van der Waals surface area contributed by atoms with E-state index in [0.717, 1.165) is 11.1 Å². The van der Waals surface area contributed by atoms with Gasteiger partial charge in [-0.05, 0) is 41.8 Å². The van der Waals surface area contributed by atoms with E-state index in [-0.39, 0.29) is 5.91 Å². The number of nitrogens with zero attached hydrogens (tertiary/aromatic N) is 1. The van der Waals surface area contributed by atoms with Crippen molar-refractivity contribution in [2.24, 2.45) is 0 Å².